The minimum atomic E-state index is -1.01. The van der Waals surface area contributed by atoms with E-state index in [4.69, 9.17) is 0 Å². The van der Waals surface area contributed by atoms with Gasteiger partial charge in [0.15, 0.2) is 0 Å². The molecule has 0 bridgehead atoms. The molecule has 1 saturated heterocycles. The normalized spacial score (nSPS) is 21.3. The molecule has 2 N–H and O–H groups in total. The molecule has 2 aliphatic rings. The SMILES string of the molecule is Cc1cccc(NC(=O)CN2C(=O)N[C@@]3(CCCc4sccc43)C2=O)c1C. The van der Waals surface area contributed by atoms with Crippen molar-refractivity contribution < 1.29 is 14.4 Å². The lowest BCUT2D eigenvalue weighted by Gasteiger charge is -2.31. The summed E-state index contributed by atoms with van der Waals surface area (Å²) in [6.45, 7) is 3.60. The van der Waals surface area contributed by atoms with Gasteiger partial charge >= 0.3 is 6.03 Å². The highest BCUT2D eigenvalue weighted by atomic mass is 32.1. The van der Waals surface area contributed by atoms with Crippen molar-refractivity contribution in [1.82, 2.24) is 10.2 Å². The Hall–Kier alpha value is -2.67. The Labute approximate surface area is 161 Å². The van der Waals surface area contributed by atoms with Gasteiger partial charge in [0.2, 0.25) is 5.91 Å². The van der Waals surface area contributed by atoms with E-state index in [2.05, 4.69) is 10.6 Å². The predicted molar refractivity (Wildman–Crippen MR) is 104 cm³/mol. The Morgan fingerprint density at radius 1 is 1.30 bits per heavy atom. The fourth-order valence-electron chi connectivity index (χ4n) is 3.90. The van der Waals surface area contributed by atoms with Gasteiger partial charge in [-0.2, -0.15) is 0 Å². The zero-order valence-electron chi connectivity index (χ0n) is 15.3. The van der Waals surface area contributed by atoms with Crippen LogP contribution >= 0.6 is 11.3 Å². The number of thiophene rings is 1. The number of nitrogens with zero attached hydrogens (tertiary/aromatic N) is 1. The number of anilines is 1. The third-order valence-electron chi connectivity index (χ3n) is 5.52. The van der Waals surface area contributed by atoms with Crippen molar-refractivity contribution in [3.8, 4) is 0 Å². The first kappa shape index (κ1) is 17.7. The topological polar surface area (TPSA) is 78.5 Å². The van der Waals surface area contributed by atoms with Crippen molar-refractivity contribution in [2.45, 2.75) is 38.6 Å². The molecule has 1 aromatic carbocycles. The first-order valence-corrected chi connectivity index (χ1v) is 9.87. The maximum absolute atomic E-state index is 13.1. The molecule has 140 valence electrons. The maximum atomic E-state index is 13.1. The van der Waals surface area contributed by atoms with Gasteiger partial charge in [-0.25, -0.2) is 4.79 Å². The van der Waals surface area contributed by atoms with Crippen molar-refractivity contribution in [1.29, 1.82) is 0 Å². The highest BCUT2D eigenvalue weighted by Gasteiger charge is 2.54. The quantitative estimate of drug-likeness (QED) is 0.800. The van der Waals surface area contributed by atoms with Crippen LogP contribution in [0.5, 0.6) is 0 Å². The van der Waals surface area contributed by atoms with Crippen LogP contribution in [-0.2, 0) is 21.5 Å². The van der Waals surface area contributed by atoms with E-state index in [9.17, 15) is 14.4 Å². The average molecular weight is 383 g/mol. The van der Waals surface area contributed by atoms with Gasteiger partial charge in [-0.1, -0.05) is 12.1 Å². The van der Waals surface area contributed by atoms with Crippen LogP contribution in [0.1, 0.15) is 34.4 Å². The fraction of sp³-hybridized carbons (Fsp3) is 0.350. The molecule has 1 fully saturated rings. The third kappa shape index (κ3) is 2.82. The summed E-state index contributed by atoms with van der Waals surface area (Å²) in [4.78, 5) is 40.3. The number of aryl methyl sites for hydroxylation is 2. The molecule has 2 aromatic rings. The van der Waals surface area contributed by atoms with Gasteiger partial charge in [0, 0.05) is 16.1 Å². The number of rotatable bonds is 3. The number of nitrogens with one attached hydrogen (secondary N) is 2. The summed E-state index contributed by atoms with van der Waals surface area (Å²) in [7, 11) is 0. The zero-order chi connectivity index (χ0) is 19.2. The van der Waals surface area contributed by atoms with E-state index < -0.39 is 11.6 Å². The van der Waals surface area contributed by atoms with Crippen molar-refractivity contribution >= 4 is 34.9 Å². The smallest absolute Gasteiger partial charge is 0.324 e. The largest absolute Gasteiger partial charge is 0.325 e. The number of urea groups is 1. The maximum Gasteiger partial charge on any atom is 0.325 e. The molecule has 1 spiro atoms. The molecule has 0 radical (unpaired) electrons. The number of hydrogen-bond acceptors (Lipinski definition) is 4. The van der Waals surface area contributed by atoms with Crippen LogP contribution in [0.15, 0.2) is 29.6 Å². The Morgan fingerprint density at radius 3 is 2.93 bits per heavy atom. The van der Waals surface area contributed by atoms with Crippen LogP contribution in [0.4, 0.5) is 10.5 Å². The van der Waals surface area contributed by atoms with Crippen LogP contribution < -0.4 is 10.6 Å². The number of benzene rings is 1. The summed E-state index contributed by atoms with van der Waals surface area (Å²) in [5, 5.41) is 7.63. The summed E-state index contributed by atoms with van der Waals surface area (Å²) < 4.78 is 0. The Kier molecular flexibility index (Phi) is 4.26. The summed E-state index contributed by atoms with van der Waals surface area (Å²) in [6, 6.07) is 7.05. The van der Waals surface area contributed by atoms with E-state index in [0.717, 1.165) is 39.3 Å². The molecule has 1 aliphatic heterocycles. The second kappa shape index (κ2) is 6.49. The molecule has 2 heterocycles. The third-order valence-corrected chi connectivity index (χ3v) is 6.50. The van der Waals surface area contributed by atoms with Gasteiger partial charge in [-0.05, 0) is 61.7 Å². The molecule has 6 nitrogen and oxygen atoms in total. The molecule has 4 rings (SSSR count). The van der Waals surface area contributed by atoms with E-state index in [1.807, 2.05) is 43.5 Å². The lowest BCUT2D eigenvalue weighted by Crippen LogP contribution is -2.46. The second-order valence-corrected chi connectivity index (χ2v) is 8.13. The van der Waals surface area contributed by atoms with Gasteiger partial charge in [0.1, 0.15) is 12.1 Å². The number of carbonyl (C=O) groups is 3. The molecule has 1 atom stereocenters. The molecule has 0 saturated carbocycles. The number of fused-ring (bicyclic) bond motifs is 2. The predicted octanol–water partition coefficient (Wildman–Crippen LogP) is 3.09. The first-order valence-electron chi connectivity index (χ1n) is 8.99. The summed E-state index contributed by atoms with van der Waals surface area (Å²) in [5.41, 5.74) is 2.60. The second-order valence-electron chi connectivity index (χ2n) is 7.13. The summed E-state index contributed by atoms with van der Waals surface area (Å²) in [5.74, 6) is -0.714. The van der Waals surface area contributed by atoms with E-state index in [-0.39, 0.29) is 18.4 Å². The van der Waals surface area contributed by atoms with E-state index in [0.29, 0.717) is 12.1 Å². The molecule has 0 unspecified atom stereocenters. The Bertz CT molecular complexity index is 952. The van der Waals surface area contributed by atoms with Crippen molar-refractivity contribution in [3.05, 3.63) is 51.2 Å². The van der Waals surface area contributed by atoms with Gasteiger partial charge in [-0.15, -0.1) is 11.3 Å². The number of imide groups is 1. The molecular formula is C20H21N3O3S. The van der Waals surface area contributed by atoms with Gasteiger partial charge in [-0.3, -0.25) is 14.5 Å². The average Bonchev–Trinajstić information content (AvgIpc) is 3.20. The number of carbonyl (C=O) groups excluding carboxylic acids is 3. The summed E-state index contributed by atoms with van der Waals surface area (Å²) >= 11 is 1.61. The minimum absolute atomic E-state index is 0.292. The highest BCUT2D eigenvalue weighted by molar-refractivity contribution is 7.10. The van der Waals surface area contributed by atoms with Crippen molar-refractivity contribution in [2.24, 2.45) is 0 Å². The van der Waals surface area contributed by atoms with Crippen LogP contribution in [0.3, 0.4) is 0 Å². The fourth-order valence-corrected chi connectivity index (χ4v) is 4.90. The molecule has 1 aliphatic carbocycles. The van der Waals surface area contributed by atoms with E-state index in [1.165, 1.54) is 0 Å². The van der Waals surface area contributed by atoms with Gasteiger partial charge < -0.3 is 10.6 Å². The molecule has 7 heteroatoms. The number of amides is 4. The van der Waals surface area contributed by atoms with Crippen molar-refractivity contribution in [3.63, 3.8) is 0 Å². The lowest BCUT2D eigenvalue weighted by molar-refractivity contribution is -0.134. The van der Waals surface area contributed by atoms with Crippen LogP contribution in [-0.4, -0.2) is 29.3 Å². The number of hydrogen-bond donors (Lipinski definition) is 2. The molecule has 4 amide bonds. The van der Waals surface area contributed by atoms with Gasteiger partial charge in [0.05, 0.1) is 0 Å². The first-order chi connectivity index (χ1) is 12.9. The van der Waals surface area contributed by atoms with Crippen LogP contribution in [0.2, 0.25) is 0 Å². The molecular weight excluding hydrogens is 362 g/mol. The zero-order valence-corrected chi connectivity index (χ0v) is 16.1. The molecule has 1 aromatic heterocycles. The monoisotopic (exact) mass is 383 g/mol. The van der Waals surface area contributed by atoms with Crippen LogP contribution in [0.25, 0.3) is 0 Å². The standard InChI is InChI=1S/C20H21N3O3S/c1-12-5-3-6-15(13(12)2)21-17(24)11-23-18(25)20(22-19(23)26)9-4-7-16-14(20)8-10-27-16/h3,5-6,8,10H,4,7,9,11H2,1-2H3,(H,21,24)(H,22,26)/t20-/m1/s1. The highest BCUT2D eigenvalue weighted by Crippen LogP contribution is 2.42. The van der Waals surface area contributed by atoms with E-state index in [1.54, 1.807) is 11.3 Å². The minimum Gasteiger partial charge on any atom is -0.324 e. The van der Waals surface area contributed by atoms with Crippen molar-refractivity contribution in [2.75, 3.05) is 11.9 Å². The van der Waals surface area contributed by atoms with E-state index >= 15 is 0 Å². The van der Waals surface area contributed by atoms with Gasteiger partial charge in [0.25, 0.3) is 5.91 Å². The Morgan fingerprint density at radius 2 is 2.11 bits per heavy atom. The molecule has 27 heavy (non-hydrogen) atoms. The summed E-state index contributed by atoms with van der Waals surface area (Å²) in [6.07, 6.45) is 2.32. The lowest BCUT2D eigenvalue weighted by atomic mass is 9.80. The van der Waals surface area contributed by atoms with Crippen LogP contribution in [0, 0.1) is 13.8 Å². The Balaban J connectivity index is 1.54.